The summed E-state index contributed by atoms with van der Waals surface area (Å²) in [6, 6.07) is 16.9. The van der Waals surface area contributed by atoms with E-state index in [9.17, 15) is 14.4 Å². The van der Waals surface area contributed by atoms with E-state index < -0.39 is 6.04 Å². The Morgan fingerprint density at radius 3 is 2.43 bits per heavy atom. The van der Waals surface area contributed by atoms with E-state index in [1.807, 2.05) is 19.1 Å². The zero-order valence-electron chi connectivity index (χ0n) is 19.5. The second-order valence-corrected chi connectivity index (χ2v) is 9.19. The number of carbonyl (C=O) groups excluding carboxylic acids is 3. The average molecular weight is 494 g/mol. The zero-order chi connectivity index (χ0) is 24.8. The van der Waals surface area contributed by atoms with Crippen LogP contribution in [-0.2, 0) is 11.3 Å². The molecule has 2 N–H and O–H groups in total. The molecule has 182 valence electrons. The third-order valence-electron chi connectivity index (χ3n) is 6.26. The lowest BCUT2D eigenvalue weighted by molar-refractivity contribution is -0.124. The van der Waals surface area contributed by atoms with Crippen LogP contribution >= 0.6 is 11.6 Å². The van der Waals surface area contributed by atoms with Gasteiger partial charge in [-0.3, -0.25) is 14.4 Å². The highest BCUT2D eigenvalue weighted by Crippen LogP contribution is 2.23. The third-order valence-corrected chi connectivity index (χ3v) is 6.51. The molecule has 2 heterocycles. The largest absolute Gasteiger partial charge is 0.467 e. The quantitative estimate of drug-likeness (QED) is 0.515. The fraction of sp³-hybridized carbons (Fsp3) is 0.296. The molecule has 0 unspecified atom stereocenters. The summed E-state index contributed by atoms with van der Waals surface area (Å²) in [4.78, 5) is 40.8. The molecule has 4 rings (SSSR count). The number of furan rings is 1. The van der Waals surface area contributed by atoms with Gasteiger partial charge in [-0.15, -0.1) is 0 Å². The topological polar surface area (TPSA) is 91.7 Å². The highest BCUT2D eigenvalue weighted by molar-refractivity contribution is 6.30. The number of hydrogen-bond acceptors (Lipinski definition) is 4. The molecule has 35 heavy (non-hydrogen) atoms. The molecule has 7 nitrogen and oxygen atoms in total. The van der Waals surface area contributed by atoms with E-state index in [-0.39, 0.29) is 30.2 Å². The molecule has 0 saturated carbocycles. The first kappa shape index (κ1) is 24.5. The Morgan fingerprint density at radius 2 is 1.77 bits per heavy atom. The van der Waals surface area contributed by atoms with E-state index in [4.69, 9.17) is 16.0 Å². The van der Waals surface area contributed by atoms with E-state index in [1.54, 1.807) is 59.7 Å². The van der Waals surface area contributed by atoms with Crippen molar-refractivity contribution in [2.75, 3.05) is 13.1 Å². The van der Waals surface area contributed by atoms with Crippen LogP contribution in [0.3, 0.4) is 0 Å². The summed E-state index contributed by atoms with van der Waals surface area (Å²) in [5.74, 6) is -0.126. The fourth-order valence-electron chi connectivity index (χ4n) is 4.32. The molecule has 8 heteroatoms. The Morgan fingerprint density at radius 1 is 1.03 bits per heavy atom. The van der Waals surface area contributed by atoms with Crippen LogP contribution in [0.2, 0.25) is 5.02 Å². The minimum Gasteiger partial charge on any atom is -0.467 e. The molecule has 1 aliphatic heterocycles. The number of halogens is 1. The molecule has 1 fully saturated rings. The minimum absolute atomic E-state index is 0.0669. The predicted octanol–water partition coefficient (Wildman–Crippen LogP) is 4.21. The van der Waals surface area contributed by atoms with Gasteiger partial charge in [0.15, 0.2) is 0 Å². The number of nitrogens with zero attached hydrogens (tertiary/aromatic N) is 1. The fourth-order valence-corrected chi connectivity index (χ4v) is 4.44. The molecule has 1 aromatic heterocycles. The van der Waals surface area contributed by atoms with Gasteiger partial charge in [-0.1, -0.05) is 29.3 Å². The lowest BCUT2D eigenvalue weighted by Gasteiger charge is -2.36. The van der Waals surface area contributed by atoms with Crippen molar-refractivity contribution in [2.24, 2.45) is 5.92 Å². The number of carbonyl (C=O) groups is 3. The van der Waals surface area contributed by atoms with Crippen molar-refractivity contribution >= 4 is 29.3 Å². The summed E-state index contributed by atoms with van der Waals surface area (Å²) in [7, 11) is 0. The molecular formula is C27H28ClN3O4. The first-order valence-corrected chi connectivity index (χ1v) is 12.0. The Balaban J connectivity index is 1.44. The number of rotatable bonds is 7. The molecule has 3 aromatic rings. The average Bonchev–Trinajstić information content (AvgIpc) is 3.40. The molecule has 3 amide bonds. The van der Waals surface area contributed by atoms with Gasteiger partial charge in [-0.05, 0) is 74.2 Å². The first-order valence-electron chi connectivity index (χ1n) is 11.6. The van der Waals surface area contributed by atoms with Crippen molar-refractivity contribution in [3.05, 3.63) is 94.4 Å². The summed E-state index contributed by atoms with van der Waals surface area (Å²) in [6.07, 6.45) is 2.73. The van der Waals surface area contributed by atoms with Crippen LogP contribution in [0.4, 0.5) is 0 Å². The van der Waals surface area contributed by atoms with Crippen LogP contribution in [0.5, 0.6) is 0 Å². The number of amides is 3. The Kier molecular flexibility index (Phi) is 7.87. The van der Waals surface area contributed by atoms with Gasteiger partial charge in [-0.2, -0.15) is 0 Å². The predicted molar refractivity (Wildman–Crippen MR) is 133 cm³/mol. The molecule has 1 saturated heterocycles. The molecule has 2 aromatic carbocycles. The normalized spacial score (nSPS) is 14.9. The van der Waals surface area contributed by atoms with Gasteiger partial charge < -0.3 is 20.0 Å². The van der Waals surface area contributed by atoms with Crippen LogP contribution in [0, 0.1) is 12.8 Å². The van der Waals surface area contributed by atoms with Crippen molar-refractivity contribution < 1.29 is 18.8 Å². The zero-order valence-corrected chi connectivity index (χ0v) is 20.3. The highest BCUT2D eigenvalue weighted by Gasteiger charge is 2.34. The van der Waals surface area contributed by atoms with Gasteiger partial charge in [0.05, 0.1) is 12.8 Å². The van der Waals surface area contributed by atoms with Gasteiger partial charge >= 0.3 is 0 Å². The Bertz CT molecular complexity index is 1170. The van der Waals surface area contributed by atoms with Gasteiger partial charge in [0.25, 0.3) is 11.8 Å². The smallest absolute Gasteiger partial charge is 0.253 e. The van der Waals surface area contributed by atoms with Gasteiger partial charge in [0, 0.05) is 29.2 Å². The van der Waals surface area contributed by atoms with E-state index in [0.29, 0.717) is 47.8 Å². The van der Waals surface area contributed by atoms with Crippen LogP contribution < -0.4 is 10.6 Å². The number of likely N-dealkylation sites (tertiary alicyclic amines) is 1. The molecule has 1 atom stereocenters. The van der Waals surface area contributed by atoms with E-state index in [0.717, 1.165) is 5.56 Å². The Labute approximate surface area is 209 Å². The van der Waals surface area contributed by atoms with Crippen molar-refractivity contribution in [3.63, 3.8) is 0 Å². The van der Waals surface area contributed by atoms with Crippen LogP contribution in [0.15, 0.2) is 71.3 Å². The van der Waals surface area contributed by atoms with Gasteiger partial charge in [-0.25, -0.2) is 0 Å². The molecule has 0 spiro atoms. The van der Waals surface area contributed by atoms with Crippen molar-refractivity contribution in [1.29, 1.82) is 0 Å². The van der Waals surface area contributed by atoms with E-state index in [1.165, 1.54) is 0 Å². The summed E-state index contributed by atoms with van der Waals surface area (Å²) < 4.78 is 5.31. The van der Waals surface area contributed by atoms with E-state index >= 15 is 0 Å². The highest BCUT2D eigenvalue weighted by atomic mass is 35.5. The number of benzene rings is 2. The van der Waals surface area contributed by atoms with Crippen molar-refractivity contribution in [3.8, 4) is 0 Å². The number of nitrogens with one attached hydrogen (secondary N) is 2. The number of piperidine rings is 1. The maximum atomic E-state index is 13.2. The summed E-state index contributed by atoms with van der Waals surface area (Å²) >= 11 is 5.94. The van der Waals surface area contributed by atoms with Crippen LogP contribution in [0.1, 0.15) is 44.9 Å². The van der Waals surface area contributed by atoms with Gasteiger partial charge in [0.1, 0.15) is 11.8 Å². The molecule has 0 bridgehead atoms. The molecule has 1 aliphatic rings. The summed E-state index contributed by atoms with van der Waals surface area (Å²) in [5, 5.41) is 6.39. The van der Waals surface area contributed by atoms with E-state index in [2.05, 4.69) is 10.6 Å². The SMILES string of the molecule is Cc1cccc(C(=O)N[C@H](C(=O)NCc2ccco2)C2CCN(C(=O)c3ccc(Cl)cc3)CC2)c1. The Hall–Kier alpha value is -3.58. The van der Waals surface area contributed by atoms with Crippen molar-refractivity contribution in [1.82, 2.24) is 15.5 Å². The molecule has 0 aliphatic carbocycles. The lowest BCUT2D eigenvalue weighted by Crippen LogP contribution is -2.53. The standard InChI is InChI=1S/C27H28ClN3O4/c1-18-4-2-5-21(16-18)25(32)30-24(26(33)29-17-23-6-3-15-35-23)19-11-13-31(14-12-19)27(34)20-7-9-22(28)10-8-20/h2-10,15-16,19,24H,11-14,17H2,1H3,(H,29,33)(H,30,32)/t24-/m0/s1. The third kappa shape index (κ3) is 6.31. The molecule has 0 radical (unpaired) electrons. The first-order chi connectivity index (χ1) is 16.9. The van der Waals surface area contributed by atoms with Crippen molar-refractivity contribution in [2.45, 2.75) is 32.4 Å². The monoisotopic (exact) mass is 493 g/mol. The minimum atomic E-state index is -0.731. The van der Waals surface area contributed by atoms with Crippen LogP contribution in [0.25, 0.3) is 0 Å². The second kappa shape index (κ2) is 11.2. The molecular weight excluding hydrogens is 466 g/mol. The maximum Gasteiger partial charge on any atom is 0.253 e. The number of aryl methyl sites for hydroxylation is 1. The lowest BCUT2D eigenvalue weighted by atomic mass is 9.88. The van der Waals surface area contributed by atoms with Crippen LogP contribution in [-0.4, -0.2) is 41.8 Å². The summed E-state index contributed by atoms with van der Waals surface area (Å²) in [6.45, 7) is 3.14. The second-order valence-electron chi connectivity index (χ2n) is 8.75. The number of hydrogen-bond donors (Lipinski definition) is 2. The summed E-state index contributed by atoms with van der Waals surface area (Å²) in [5.41, 5.74) is 2.04. The van der Waals surface area contributed by atoms with Gasteiger partial charge in [0.2, 0.25) is 5.91 Å². The maximum absolute atomic E-state index is 13.2.